The lowest BCUT2D eigenvalue weighted by molar-refractivity contribution is -0.156. The summed E-state index contributed by atoms with van der Waals surface area (Å²) < 4.78 is 4.90. The fraction of sp³-hybridized carbons (Fsp3) is 0.348. The number of carbonyl (C=O) groups excluding carboxylic acids is 2. The van der Waals surface area contributed by atoms with E-state index >= 15 is 0 Å². The first-order valence-corrected chi connectivity index (χ1v) is 10.3. The number of esters is 1. The fourth-order valence-electron chi connectivity index (χ4n) is 2.90. The lowest BCUT2D eigenvalue weighted by atomic mass is 9.98. The number of hydrogen-bond donors (Lipinski definition) is 3. The molecule has 0 fully saturated rings. The number of carboxylic acids is 1. The summed E-state index contributed by atoms with van der Waals surface area (Å²) in [5.41, 5.74) is 2.68. The second-order valence-electron chi connectivity index (χ2n) is 7.66. The van der Waals surface area contributed by atoms with Crippen molar-refractivity contribution in [1.82, 2.24) is 5.32 Å². The van der Waals surface area contributed by atoms with Crippen LogP contribution in [0.15, 0.2) is 48.5 Å². The van der Waals surface area contributed by atoms with Gasteiger partial charge in [-0.3, -0.25) is 4.79 Å². The first-order chi connectivity index (χ1) is 14.7. The number of ether oxygens (including phenoxy) is 1. The largest absolute Gasteiger partial charge is 0.479 e. The van der Waals surface area contributed by atoms with Gasteiger partial charge in [-0.15, -0.1) is 0 Å². The van der Waals surface area contributed by atoms with Gasteiger partial charge in [-0.1, -0.05) is 61.8 Å². The van der Waals surface area contributed by atoms with Crippen LogP contribution in [-0.4, -0.2) is 46.8 Å². The van der Waals surface area contributed by atoms with Crippen LogP contribution in [0.5, 0.6) is 0 Å². The van der Waals surface area contributed by atoms with Gasteiger partial charge in [0.25, 0.3) is 0 Å². The van der Waals surface area contributed by atoms with E-state index in [0.717, 1.165) is 16.7 Å². The molecule has 0 saturated carbocycles. The molecular weight excluding hydrogens is 422 g/mol. The molecule has 0 aromatic heterocycles. The van der Waals surface area contributed by atoms with E-state index in [1.165, 1.54) is 0 Å². The smallest absolute Gasteiger partial charge is 0.396 e. The van der Waals surface area contributed by atoms with Crippen LogP contribution in [0.2, 0.25) is 5.02 Å². The predicted octanol–water partition coefficient (Wildman–Crippen LogP) is 3.07. The van der Waals surface area contributed by atoms with E-state index in [1.807, 2.05) is 56.3 Å². The van der Waals surface area contributed by atoms with Gasteiger partial charge in [-0.05, 0) is 41.2 Å². The maximum Gasteiger partial charge on any atom is 0.396 e. The number of aliphatic hydroxyl groups is 1. The molecule has 2 rings (SSSR count). The Morgan fingerprint density at radius 1 is 1.06 bits per heavy atom. The highest BCUT2D eigenvalue weighted by Crippen LogP contribution is 2.23. The molecule has 1 amide bonds. The number of halogens is 1. The second-order valence-corrected chi connectivity index (χ2v) is 8.10. The number of nitrogens with one attached hydrogen (secondary N) is 1. The second kappa shape index (κ2) is 11.5. The lowest BCUT2D eigenvalue weighted by Gasteiger charge is -2.20. The van der Waals surface area contributed by atoms with Gasteiger partial charge in [0.2, 0.25) is 0 Å². The average molecular weight is 448 g/mol. The first-order valence-electron chi connectivity index (χ1n) is 9.89. The highest BCUT2D eigenvalue weighted by Gasteiger charge is 2.25. The van der Waals surface area contributed by atoms with E-state index in [4.69, 9.17) is 21.4 Å². The summed E-state index contributed by atoms with van der Waals surface area (Å²) in [5.74, 6) is -3.35. The molecule has 2 aromatic rings. The van der Waals surface area contributed by atoms with Crippen LogP contribution in [0.3, 0.4) is 0 Å². The Bertz CT molecular complexity index is 913. The fourth-order valence-corrected chi connectivity index (χ4v) is 3.09. The third kappa shape index (κ3) is 8.03. The molecule has 0 aliphatic heterocycles. The van der Waals surface area contributed by atoms with Crippen molar-refractivity contribution in [3.8, 4) is 11.1 Å². The maximum atomic E-state index is 12.2. The number of aliphatic carboxylic acids is 1. The monoisotopic (exact) mass is 447 g/mol. The van der Waals surface area contributed by atoms with Crippen LogP contribution in [0.25, 0.3) is 11.1 Å². The number of carboxylic acid groups (broad SMARTS) is 1. The van der Waals surface area contributed by atoms with Crippen LogP contribution >= 0.6 is 11.6 Å². The summed E-state index contributed by atoms with van der Waals surface area (Å²) in [6, 6.07) is 14.0. The van der Waals surface area contributed by atoms with E-state index in [2.05, 4.69) is 5.32 Å². The normalized spacial score (nSPS) is 12.8. The van der Waals surface area contributed by atoms with Gasteiger partial charge in [-0.2, -0.15) is 0 Å². The Labute approximate surface area is 186 Å². The summed E-state index contributed by atoms with van der Waals surface area (Å²) in [6.07, 6.45) is -1.71. The SMILES string of the molecule is CC(C)COC(=O)C(=O)N[C@H](Cc1ccc(-c2cccc(Cl)c2)cc1)C[C@@H](O)C(=O)O. The number of rotatable bonds is 9. The van der Waals surface area contributed by atoms with E-state index in [0.29, 0.717) is 5.02 Å². The van der Waals surface area contributed by atoms with Gasteiger partial charge in [0.15, 0.2) is 6.10 Å². The molecule has 2 aromatic carbocycles. The van der Waals surface area contributed by atoms with Crippen molar-refractivity contribution in [3.05, 3.63) is 59.1 Å². The standard InChI is InChI=1S/C23H26ClNO6/c1-14(2)13-31-23(30)21(27)25-19(12-20(26)22(28)29)10-15-6-8-16(9-7-15)17-4-3-5-18(24)11-17/h3-9,11,14,19-20,26H,10,12-13H2,1-2H3,(H,25,27)(H,28,29)/t19-,20-/m1/s1. The molecule has 7 nitrogen and oxygen atoms in total. The van der Waals surface area contributed by atoms with Crippen LogP contribution in [0.1, 0.15) is 25.8 Å². The molecule has 0 unspecified atom stereocenters. The zero-order valence-electron chi connectivity index (χ0n) is 17.4. The summed E-state index contributed by atoms with van der Waals surface area (Å²) in [4.78, 5) is 35.1. The van der Waals surface area contributed by atoms with Gasteiger partial charge >= 0.3 is 17.8 Å². The van der Waals surface area contributed by atoms with Gasteiger partial charge in [-0.25, -0.2) is 9.59 Å². The minimum atomic E-state index is -1.68. The minimum absolute atomic E-state index is 0.0689. The first kappa shape index (κ1) is 24.4. The van der Waals surface area contributed by atoms with Crippen LogP contribution < -0.4 is 5.32 Å². The highest BCUT2D eigenvalue weighted by molar-refractivity contribution is 6.32. The molecule has 166 valence electrons. The van der Waals surface area contributed by atoms with Crippen LogP contribution in [0.4, 0.5) is 0 Å². The zero-order chi connectivity index (χ0) is 23.0. The molecule has 31 heavy (non-hydrogen) atoms. The number of amides is 1. The van der Waals surface area contributed by atoms with Crippen molar-refractivity contribution in [2.45, 2.75) is 38.8 Å². The lowest BCUT2D eigenvalue weighted by Crippen LogP contribution is -2.44. The van der Waals surface area contributed by atoms with E-state index in [9.17, 15) is 19.5 Å². The Kier molecular flexibility index (Phi) is 9.03. The van der Waals surface area contributed by atoms with E-state index in [-0.39, 0.29) is 25.4 Å². The topological polar surface area (TPSA) is 113 Å². The third-order valence-electron chi connectivity index (χ3n) is 4.46. The molecule has 0 bridgehead atoms. The summed E-state index contributed by atoms with van der Waals surface area (Å²) in [5, 5.41) is 21.8. The van der Waals surface area contributed by atoms with Gasteiger partial charge in [0.05, 0.1) is 6.61 Å². The summed E-state index contributed by atoms with van der Waals surface area (Å²) >= 11 is 6.03. The minimum Gasteiger partial charge on any atom is -0.479 e. The average Bonchev–Trinajstić information content (AvgIpc) is 2.72. The quantitative estimate of drug-likeness (QED) is 0.402. The Balaban J connectivity index is 2.10. The Hall–Kier alpha value is -2.90. The molecule has 3 N–H and O–H groups in total. The molecule has 0 aliphatic carbocycles. The van der Waals surface area contributed by atoms with Crippen molar-refractivity contribution in [2.24, 2.45) is 5.92 Å². The van der Waals surface area contributed by atoms with Crippen molar-refractivity contribution in [3.63, 3.8) is 0 Å². The summed E-state index contributed by atoms with van der Waals surface area (Å²) in [6.45, 7) is 3.77. The molecular formula is C23H26ClNO6. The van der Waals surface area contributed by atoms with E-state index < -0.39 is 30.0 Å². The Morgan fingerprint density at radius 2 is 1.74 bits per heavy atom. The van der Waals surface area contributed by atoms with Crippen molar-refractivity contribution < 1.29 is 29.3 Å². The van der Waals surface area contributed by atoms with Gasteiger partial charge < -0.3 is 20.3 Å². The molecule has 0 radical (unpaired) electrons. The molecule has 0 heterocycles. The number of benzene rings is 2. The van der Waals surface area contributed by atoms with Crippen molar-refractivity contribution >= 4 is 29.4 Å². The third-order valence-corrected chi connectivity index (χ3v) is 4.69. The number of aliphatic hydroxyl groups excluding tert-OH is 1. The Morgan fingerprint density at radius 3 is 2.32 bits per heavy atom. The summed E-state index contributed by atoms with van der Waals surface area (Å²) in [7, 11) is 0. The van der Waals surface area contributed by atoms with Gasteiger partial charge in [0, 0.05) is 17.5 Å². The number of hydrogen-bond acceptors (Lipinski definition) is 5. The predicted molar refractivity (Wildman–Crippen MR) is 117 cm³/mol. The zero-order valence-corrected chi connectivity index (χ0v) is 18.1. The van der Waals surface area contributed by atoms with Crippen molar-refractivity contribution in [2.75, 3.05) is 6.61 Å². The van der Waals surface area contributed by atoms with Gasteiger partial charge in [0.1, 0.15) is 0 Å². The molecule has 0 saturated heterocycles. The van der Waals surface area contributed by atoms with Crippen molar-refractivity contribution in [1.29, 1.82) is 0 Å². The van der Waals surface area contributed by atoms with Crippen LogP contribution in [0, 0.1) is 5.92 Å². The maximum absolute atomic E-state index is 12.2. The van der Waals surface area contributed by atoms with E-state index in [1.54, 1.807) is 6.07 Å². The molecule has 2 atom stereocenters. The molecule has 0 aliphatic rings. The van der Waals surface area contributed by atoms with Crippen LogP contribution in [-0.2, 0) is 25.5 Å². The highest BCUT2D eigenvalue weighted by atomic mass is 35.5. The molecule has 8 heteroatoms. The molecule has 0 spiro atoms. The number of carbonyl (C=O) groups is 3.